The largest absolute Gasteiger partial charge is 0.338 e. The Morgan fingerprint density at radius 3 is 2.83 bits per heavy atom. The minimum atomic E-state index is -0.0919. The molecule has 1 aromatic carbocycles. The molecule has 1 fully saturated rings. The van der Waals surface area contributed by atoms with E-state index in [9.17, 15) is 4.79 Å². The van der Waals surface area contributed by atoms with Crippen molar-refractivity contribution in [3.05, 3.63) is 46.4 Å². The third-order valence-electron chi connectivity index (χ3n) is 5.27. The van der Waals surface area contributed by atoms with E-state index in [0.717, 1.165) is 30.6 Å². The first-order chi connectivity index (χ1) is 14.1. The number of rotatable bonds is 3. The van der Waals surface area contributed by atoms with Gasteiger partial charge in [-0.2, -0.15) is 10.4 Å². The number of pyridine rings is 1. The molecule has 0 saturated heterocycles. The number of nitrogens with zero attached hydrogens (tertiary/aromatic N) is 4. The summed E-state index contributed by atoms with van der Waals surface area (Å²) in [6, 6.07) is 10.4. The summed E-state index contributed by atoms with van der Waals surface area (Å²) >= 11 is 1.76. The first-order valence-corrected chi connectivity index (χ1v) is 10.6. The quantitative estimate of drug-likeness (QED) is 0.617. The predicted molar refractivity (Wildman–Crippen MR) is 116 cm³/mol. The van der Waals surface area contributed by atoms with Crippen LogP contribution in [0.5, 0.6) is 0 Å². The molecule has 2 aromatic heterocycles. The Morgan fingerprint density at radius 1 is 1.31 bits per heavy atom. The molecule has 150 valence electrons. The second-order valence-corrected chi connectivity index (χ2v) is 8.59. The second kappa shape index (κ2) is 8.31. The van der Waals surface area contributed by atoms with Crippen LogP contribution in [0.4, 0.5) is 11.5 Å². The van der Waals surface area contributed by atoms with Gasteiger partial charge in [-0.15, -0.1) is 0 Å². The van der Waals surface area contributed by atoms with E-state index in [1.54, 1.807) is 24.2 Å². The molecule has 8 heteroatoms. The molecule has 2 N–H and O–H groups in total. The zero-order chi connectivity index (χ0) is 20.4. The number of aromatic nitrogens is 3. The van der Waals surface area contributed by atoms with Gasteiger partial charge in [0.25, 0.3) is 5.56 Å². The molecule has 1 saturated carbocycles. The van der Waals surface area contributed by atoms with Gasteiger partial charge in [0.2, 0.25) is 0 Å². The molecular weight excluding hydrogens is 384 g/mol. The van der Waals surface area contributed by atoms with Crippen molar-refractivity contribution in [2.75, 3.05) is 12.4 Å². The van der Waals surface area contributed by atoms with Crippen LogP contribution >= 0.6 is 11.9 Å². The normalized spacial score (nSPS) is 16.3. The van der Waals surface area contributed by atoms with Crippen LogP contribution in [0.1, 0.15) is 44.2 Å². The van der Waals surface area contributed by atoms with Gasteiger partial charge in [-0.05, 0) is 61.7 Å². The lowest BCUT2D eigenvalue weighted by atomic mass is 10.2. The van der Waals surface area contributed by atoms with Crippen molar-refractivity contribution in [2.24, 2.45) is 0 Å². The molecule has 3 aromatic rings. The van der Waals surface area contributed by atoms with Crippen molar-refractivity contribution in [1.29, 1.82) is 5.26 Å². The number of benzene rings is 1. The molecule has 29 heavy (non-hydrogen) atoms. The lowest BCUT2D eigenvalue weighted by Gasteiger charge is -2.10. The SMILES string of the molecule is CC#N.CN1Cc2cc(Nc3nn(C4CCCC4)c4cc[nH]c(=O)c34)ccc2S1. The second-order valence-electron chi connectivity index (χ2n) is 7.35. The Balaban J connectivity index is 0.000000645. The van der Waals surface area contributed by atoms with Crippen LogP contribution in [0.25, 0.3) is 10.9 Å². The summed E-state index contributed by atoms with van der Waals surface area (Å²) in [5.41, 5.74) is 3.10. The topological polar surface area (TPSA) is 89.7 Å². The summed E-state index contributed by atoms with van der Waals surface area (Å²) in [5.74, 6) is 0.646. The van der Waals surface area contributed by atoms with Gasteiger partial charge in [-0.3, -0.25) is 9.48 Å². The highest BCUT2D eigenvalue weighted by Crippen LogP contribution is 2.37. The number of nitrogens with one attached hydrogen (secondary N) is 2. The highest BCUT2D eigenvalue weighted by atomic mass is 32.2. The minimum Gasteiger partial charge on any atom is -0.338 e. The van der Waals surface area contributed by atoms with E-state index < -0.39 is 0 Å². The van der Waals surface area contributed by atoms with Crippen LogP contribution in [-0.4, -0.2) is 26.1 Å². The Kier molecular flexibility index (Phi) is 5.60. The Hall–Kier alpha value is -2.76. The average molecular weight is 409 g/mol. The lowest BCUT2D eigenvalue weighted by molar-refractivity contribution is 0.483. The van der Waals surface area contributed by atoms with E-state index in [-0.39, 0.29) is 5.56 Å². The third-order valence-corrected chi connectivity index (χ3v) is 6.31. The smallest absolute Gasteiger partial charge is 0.261 e. The number of nitriles is 1. The average Bonchev–Trinajstić information content (AvgIpc) is 3.40. The number of hydrogen-bond acceptors (Lipinski definition) is 6. The van der Waals surface area contributed by atoms with Crippen LogP contribution < -0.4 is 10.9 Å². The fraction of sp³-hybridized carbons (Fsp3) is 0.381. The van der Waals surface area contributed by atoms with E-state index in [2.05, 4.69) is 44.5 Å². The summed E-state index contributed by atoms with van der Waals surface area (Å²) < 4.78 is 4.26. The van der Waals surface area contributed by atoms with E-state index in [4.69, 9.17) is 10.4 Å². The molecule has 0 bridgehead atoms. The molecule has 0 amide bonds. The van der Waals surface area contributed by atoms with Crippen LogP contribution in [-0.2, 0) is 6.54 Å². The van der Waals surface area contributed by atoms with Gasteiger partial charge in [-0.1, -0.05) is 12.8 Å². The molecule has 5 rings (SSSR count). The van der Waals surface area contributed by atoms with E-state index in [0.29, 0.717) is 17.2 Å². The Bertz CT molecular complexity index is 1120. The maximum Gasteiger partial charge on any atom is 0.261 e. The van der Waals surface area contributed by atoms with Crippen molar-refractivity contribution >= 4 is 34.4 Å². The molecule has 1 aliphatic carbocycles. The number of anilines is 2. The summed E-state index contributed by atoms with van der Waals surface area (Å²) in [6.45, 7) is 2.35. The van der Waals surface area contributed by atoms with Crippen LogP contribution in [0.2, 0.25) is 0 Å². The number of fused-ring (bicyclic) bond motifs is 2. The van der Waals surface area contributed by atoms with Crippen molar-refractivity contribution < 1.29 is 0 Å². The number of hydrogen-bond donors (Lipinski definition) is 2. The molecule has 0 unspecified atom stereocenters. The molecule has 3 heterocycles. The van der Waals surface area contributed by atoms with Gasteiger partial charge >= 0.3 is 0 Å². The zero-order valence-corrected chi connectivity index (χ0v) is 17.4. The Labute approximate surface area is 173 Å². The molecule has 2 aliphatic rings. The maximum absolute atomic E-state index is 12.5. The minimum absolute atomic E-state index is 0.0919. The summed E-state index contributed by atoms with van der Waals surface area (Å²) in [6.07, 6.45) is 6.43. The fourth-order valence-corrected chi connectivity index (χ4v) is 4.97. The van der Waals surface area contributed by atoms with Gasteiger partial charge in [0.15, 0.2) is 5.82 Å². The predicted octanol–water partition coefficient (Wildman–Crippen LogP) is 4.57. The molecule has 1 aliphatic heterocycles. The molecular formula is C21H24N6OS. The highest BCUT2D eigenvalue weighted by molar-refractivity contribution is 7.97. The highest BCUT2D eigenvalue weighted by Gasteiger charge is 2.23. The van der Waals surface area contributed by atoms with Crippen LogP contribution in [0.15, 0.2) is 40.2 Å². The van der Waals surface area contributed by atoms with E-state index in [1.807, 2.05) is 6.07 Å². The maximum atomic E-state index is 12.5. The summed E-state index contributed by atoms with van der Waals surface area (Å²) in [7, 11) is 2.09. The lowest BCUT2D eigenvalue weighted by Crippen LogP contribution is -2.08. The molecule has 7 nitrogen and oxygen atoms in total. The van der Waals surface area contributed by atoms with Gasteiger partial charge in [0.1, 0.15) is 5.39 Å². The first kappa shape index (κ1) is 19.6. The van der Waals surface area contributed by atoms with Crippen molar-refractivity contribution in [3.63, 3.8) is 0 Å². The van der Waals surface area contributed by atoms with Gasteiger partial charge in [0, 0.05) is 30.2 Å². The molecule has 0 atom stereocenters. The third kappa shape index (κ3) is 3.88. The van der Waals surface area contributed by atoms with Gasteiger partial charge in [0.05, 0.1) is 17.6 Å². The first-order valence-electron chi connectivity index (χ1n) is 9.80. The fourth-order valence-electron chi connectivity index (χ4n) is 4.06. The van der Waals surface area contributed by atoms with Crippen molar-refractivity contribution in [3.8, 4) is 6.07 Å². The van der Waals surface area contributed by atoms with Gasteiger partial charge < -0.3 is 10.3 Å². The molecule has 0 radical (unpaired) electrons. The Morgan fingerprint density at radius 2 is 2.07 bits per heavy atom. The summed E-state index contributed by atoms with van der Waals surface area (Å²) in [4.78, 5) is 16.6. The number of aromatic amines is 1. The zero-order valence-electron chi connectivity index (χ0n) is 16.6. The van der Waals surface area contributed by atoms with E-state index in [1.165, 1.54) is 30.2 Å². The van der Waals surface area contributed by atoms with Crippen LogP contribution in [0, 0.1) is 11.3 Å². The van der Waals surface area contributed by atoms with E-state index >= 15 is 0 Å². The number of H-pyrrole nitrogens is 1. The summed E-state index contributed by atoms with van der Waals surface area (Å²) in [5, 5.41) is 16.2. The van der Waals surface area contributed by atoms with Crippen molar-refractivity contribution in [2.45, 2.75) is 50.1 Å². The molecule has 0 spiro atoms. The van der Waals surface area contributed by atoms with Crippen LogP contribution in [0.3, 0.4) is 0 Å². The monoisotopic (exact) mass is 408 g/mol. The standard InChI is InChI=1S/C19H21N5OS.C2H3N/c1-23-11-12-10-13(6-7-16(12)26-23)21-18-17-15(8-9-20-19(17)25)24(22-18)14-4-2-3-5-14;1-2-3/h6-10,14H,2-5,11H2,1H3,(H,20,25)(H,21,22);1H3. The van der Waals surface area contributed by atoms with Crippen molar-refractivity contribution in [1.82, 2.24) is 19.1 Å². The van der Waals surface area contributed by atoms with Gasteiger partial charge in [-0.25, -0.2) is 4.31 Å².